The molecule has 3 N–H and O–H groups in total. The van der Waals surface area contributed by atoms with E-state index in [9.17, 15) is 13.2 Å². The summed E-state index contributed by atoms with van der Waals surface area (Å²) in [5.41, 5.74) is 9.60. The van der Waals surface area contributed by atoms with Gasteiger partial charge in [-0.1, -0.05) is 38.1 Å². The highest BCUT2D eigenvalue weighted by Gasteiger charge is 2.32. The smallest absolute Gasteiger partial charge is 0.243 e. The molecule has 0 unspecified atom stereocenters. The Balaban J connectivity index is 1.50. The number of hydrogen-bond acceptors (Lipinski definition) is 4. The highest BCUT2D eigenvalue weighted by molar-refractivity contribution is 7.89. The monoisotopic (exact) mass is 488 g/mol. The molecule has 0 atom stereocenters. The van der Waals surface area contributed by atoms with Crippen molar-refractivity contribution in [3.8, 4) is 0 Å². The Bertz CT molecular complexity index is 1110. The summed E-state index contributed by atoms with van der Waals surface area (Å²) < 4.78 is 27.4. The first kappa shape index (κ1) is 25.1. The van der Waals surface area contributed by atoms with Crippen LogP contribution in [0.15, 0.2) is 47.4 Å². The van der Waals surface area contributed by atoms with E-state index in [2.05, 4.69) is 30.0 Å². The van der Waals surface area contributed by atoms with Gasteiger partial charge in [0.25, 0.3) is 0 Å². The van der Waals surface area contributed by atoms with E-state index in [0.29, 0.717) is 41.9 Å². The number of benzene rings is 2. The number of nitrogens with one attached hydrogen (secondary N) is 3. The average Bonchev–Trinajstić information content (AvgIpc) is 2.80. The number of nitrogens with zero attached hydrogens (tertiary/aromatic N) is 1. The fraction of sp³-hybridized carbons (Fsp3) is 0.417. The van der Waals surface area contributed by atoms with Crippen molar-refractivity contribution in [3.05, 3.63) is 59.2 Å². The van der Waals surface area contributed by atoms with Gasteiger partial charge in [0.1, 0.15) is 0 Å². The van der Waals surface area contributed by atoms with Crippen LogP contribution in [0.2, 0.25) is 0 Å². The van der Waals surface area contributed by atoms with E-state index >= 15 is 0 Å². The number of carbonyl (C=O) groups excluding carboxylic acids is 1. The molecule has 0 bridgehead atoms. The number of aryl methyl sites for hydroxylation is 1. The van der Waals surface area contributed by atoms with Crippen LogP contribution in [0.25, 0.3) is 0 Å². The molecule has 7 nitrogen and oxygen atoms in total. The second-order valence-electron chi connectivity index (χ2n) is 8.72. The van der Waals surface area contributed by atoms with Gasteiger partial charge in [0.15, 0.2) is 5.11 Å². The van der Waals surface area contributed by atoms with Crippen LogP contribution < -0.4 is 16.2 Å². The fourth-order valence-electron chi connectivity index (χ4n) is 3.79. The molecule has 0 radical (unpaired) electrons. The first-order valence-electron chi connectivity index (χ1n) is 11.1. The predicted octanol–water partition coefficient (Wildman–Crippen LogP) is 3.85. The van der Waals surface area contributed by atoms with Crippen molar-refractivity contribution >= 4 is 38.9 Å². The lowest BCUT2D eigenvalue weighted by atomic mass is 9.98. The van der Waals surface area contributed by atoms with Crippen molar-refractivity contribution < 1.29 is 13.2 Å². The third-order valence-electron chi connectivity index (χ3n) is 6.16. The number of carbonyl (C=O) groups is 1. The van der Waals surface area contributed by atoms with Crippen LogP contribution in [0.1, 0.15) is 49.3 Å². The number of piperidine rings is 1. The van der Waals surface area contributed by atoms with E-state index in [1.165, 1.54) is 4.31 Å². The van der Waals surface area contributed by atoms with Crippen LogP contribution in [0.4, 0.5) is 5.69 Å². The molecule has 2 aromatic carbocycles. The maximum atomic E-state index is 13.0. The molecule has 0 aromatic heterocycles. The van der Waals surface area contributed by atoms with Gasteiger partial charge in [0, 0.05) is 24.7 Å². The summed E-state index contributed by atoms with van der Waals surface area (Å²) in [6.45, 7) is 8.77. The zero-order chi connectivity index (χ0) is 24.2. The van der Waals surface area contributed by atoms with Gasteiger partial charge in [-0.2, -0.15) is 4.31 Å². The zero-order valence-corrected chi connectivity index (χ0v) is 21.1. The highest BCUT2D eigenvalue weighted by Crippen LogP contribution is 2.25. The number of thiocarbonyl (C=S) groups is 1. The Hall–Kier alpha value is -2.49. The quantitative estimate of drug-likeness (QED) is 0.438. The van der Waals surface area contributed by atoms with Crippen molar-refractivity contribution in [2.24, 2.45) is 5.92 Å². The molecule has 0 saturated carbocycles. The molecule has 178 valence electrons. The Kier molecular flexibility index (Phi) is 8.10. The summed E-state index contributed by atoms with van der Waals surface area (Å²) in [5.74, 6) is -0.136. The first-order chi connectivity index (χ1) is 15.6. The predicted molar refractivity (Wildman–Crippen MR) is 135 cm³/mol. The highest BCUT2D eigenvalue weighted by atomic mass is 32.2. The van der Waals surface area contributed by atoms with Gasteiger partial charge in [0.05, 0.1) is 4.90 Å². The summed E-state index contributed by atoms with van der Waals surface area (Å²) in [6, 6.07) is 12.9. The van der Waals surface area contributed by atoms with Gasteiger partial charge >= 0.3 is 0 Å². The molecule has 9 heteroatoms. The van der Waals surface area contributed by atoms with E-state index in [-0.39, 0.29) is 11.8 Å². The number of hydrazine groups is 1. The molecule has 1 aliphatic heterocycles. The molecule has 1 saturated heterocycles. The Morgan fingerprint density at radius 1 is 1.03 bits per heavy atom. The molecule has 0 aliphatic carbocycles. The summed E-state index contributed by atoms with van der Waals surface area (Å²) in [5, 5.41) is 3.38. The number of rotatable bonds is 5. The molecular formula is C24H32N4O3S2. The van der Waals surface area contributed by atoms with E-state index in [4.69, 9.17) is 12.2 Å². The minimum absolute atomic E-state index is 0.196. The Morgan fingerprint density at radius 2 is 1.67 bits per heavy atom. The molecule has 1 heterocycles. The lowest BCUT2D eigenvalue weighted by molar-refractivity contribution is -0.126. The van der Waals surface area contributed by atoms with Crippen LogP contribution in [-0.2, 0) is 14.8 Å². The number of hydrogen-bond donors (Lipinski definition) is 3. The third kappa shape index (κ3) is 6.10. The summed E-state index contributed by atoms with van der Waals surface area (Å²) in [7, 11) is -3.57. The van der Waals surface area contributed by atoms with Gasteiger partial charge < -0.3 is 5.32 Å². The molecule has 1 amide bonds. The lowest BCUT2D eigenvalue weighted by Gasteiger charge is -2.30. The van der Waals surface area contributed by atoms with Crippen LogP contribution in [0.3, 0.4) is 0 Å². The van der Waals surface area contributed by atoms with Gasteiger partial charge in [0.2, 0.25) is 15.9 Å². The normalized spacial score (nSPS) is 15.3. The van der Waals surface area contributed by atoms with Crippen molar-refractivity contribution in [2.75, 3.05) is 18.4 Å². The summed E-state index contributed by atoms with van der Waals surface area (Å²) in [4.78, 5) is 12.9. The van der Waals surface area contributed by atoms with Crippen LogP contribution in [0.5, 0.6) is 0 Å². The van der Waals surface area contributed by atoms with E-state index in [1.807, 2.05) is 44.2 Å². The Labute approximate surface area is 202 Å². The van der Waals surface area contributed by atoms with Crippen molar-refractivity contribution in [1.29, 1.82) is 0 Å². The van der Waals surface area contributed by atoms with E-state index in [0.717, 1.165) is 22.4 Å². The third-order valence-corrected chi connectivity index (χ3v) is 8.28. The SMILES string of the molecule is Cc1cccc(NC(=S)NNC(=O)C2CCN(S(=O)(=O)c3ccc(C(C)C)cc3)CC2)c1C. The second-order valence-corrected chi connectivity index (χ2v) is 11.1. The van der Waals surface area contributed by atoms with Gasteiger partial charge in [-0.15, -0.1) is 0 Å². The topological polar surface area (TPSA) is 90.5 Å². The van der Waals surface area contributed by atoms with Gasteiger partial charge in [-0.3, -0.25) is 15.6 Å². The second kappa shape index (κ2) is 10.6. The molecule has 33 heavy (non-hydrogen) atoms. The minimum Gasteiger partial charge on any atom is -0.331 e. The Morgan fingerprint density at radius 3 is 2.27 bits per heavy atom. The molecule has 1 aliphatic rings. The standard InChI is InChI=1S/C24H32N4O3S2/c1-16(2)19-8-10-21(11-9-19)33(30,31)28-14-12-20(13-15-28)23(29)26-27-24(32)25-22-7-5-6-17(3)18(22)4/h5-11,16,20H,12-15H2,1-4H3,(H,26,29)(H2,25,27,32). The number of amides is 1. The van der Waals surface area contributed by atoms with Crippen LogP contribution in [0, 0.1) is 19.8 Å². The van der Waals surface area contributed by atoms with Crippen molar-refractivity contribution in [3.63, 3.8) is 0 Å². The van der Waals surface area contributed by atoms with Gasteiger partial charge in [-0.05, 0) is 79.7 Å². The van der Waals surface area contributed by atoms with Crippen molar-refractivity contribution in [2.45, 2.75) is 51.3 Å². The largest absolute Gasteiger partial charge is 0.331 e. The number of sulfonamides is 1. The maximum Gasteiger partial charge on any atom is 0.243 e. The lowest BCUT2D eigenvalue weighted by Crippen LogP contribution is -2.49. The van der Waals surface area contributed by atoms with Crippen molar-refractivity contribution in [1.82, 2.24) is 15.2 Å². The van der Waals surface area contributed by atoms with Gasteiger partial charge in [-0.25, -0.2) is 8.42 Å². The molecule has 3 rings (SSSR count). The molecule has 0 spiro atoms. The average molecular weight is 489 g/mol. The van der Waals surface area contributed by atoms with Crippen LogP contribution >= 0.6 is 12.2 Å². The number of anilines is 1. The van der Waals surface area contributed by atoms with E-state index in [1.54, 1.807) is 12.1 Å². The molecule has 1 fully saturated rings. The molecular weight excluding hydrogens is 456 g/mol. The first-order valence-corrected chi connectivity index (χ1v) is 13.0. The fourth-order valence-corrected chi connectivity index (χ4v) is 5.42. The van der Waals surface area contributed by atoms with Crippen LogP contribution in [-0.4, -0.2) is 36.8 Å². The zero-order valence-electron chi connectivity index (χ0n) is 19.5. The summed E-state index contributed by atoms with van der Waals surface area (Å²) >= 11 is 5.28. The van der Waals surface area contributed by atoms with E-state index < -0.39 is 10.0 Å². The minimum atomic E-state index is -3.57. The molecule has 2 aromatic rings. The maximum absolute atomic E-state index is 13.0. The summed E-state index contributed by atoms with van der Waals surface area (Å²) in [6.07, 6.45) is 0.905.